The van der Waals surface area contributed by atoms with Crippen LogP contribution in [0.4, 0.5) is 0 Å². The second kappa shape index (κ2) is 5.66. The van der Waals surface area contributed by atoms with Gasteiger partial charge in [0.25, 0.3) is 0 Å². The first-order chi connectivity index (χ1) is 7.54. The minimum atomic E-state index is -0.477. The molecule has 16 heavy (non-hydrogen) atoms. The maximum absolute atomic E-state index is 10.5. The lowest BCUT2D eigenvalue weighted by atomic mass is 10.0. The van der Waals surface area contributed by atoms with E-state index in [1.54, 1.807) is 6.92 Å². The maximum Gasteiger partial charge on any atom is 0.124 e. The fraction of sp³-hybridized carbons (Fsp3) is 0.462. The molecule has 0 aromatic heterocycles. The number of hydrogen-bond acceptors (Lipinski definition) is 3. The van der Waals surface area contributed by atoms with Crippen molar-refractivity contribution in [3.8, 4) is 5.75 Å². The Labute approximate surface area is 96.1 Å². The molecule has 88 valence electrons. The van der Waals surface area contributed by atoms with Gasteiger partial charge in [-0.3, -0.25) is 0 Å². The van der Waals surface area contributed by atoms with Crippen LogP contribution >= 0.6 is 0 Å². The molecule has 3 heteroatoms. The summed E-state index contributed by atoms with van der Waals surface area (Å²) in [5.74, 6) is 0.741. The van der Waals surface area contributed by atoms with Gasteiger partial charge in [0.2, 0.25) is 0 Å². The van der Waals surface area contributed by atoms with E-state index in [-0.39, 0.29) is 6.61 Å². The molecule has 0 aliphatic heterocycles. The van der Waals surface area contributed by atoms with E-state index in [4.69, 9.17) is 9.84 Å². The van der Waals surface area contributed by atoms with Crippen molar-refractivity contribution < 1.29 is 14.6 Å². The summed E-state index contributed by atoms with van der Waals surface area (Å²) < 4.78 is 5.42. The molecule has 0 saturated heterocycles. The quantitative estimate of drug-likeness (QED) is 0.773. The van der Waals surface area contributed by atoms with Gasteiger partial charge in [0, 0.05) is 6.42 Å². The average Bonchev–Trinajstić information content (AvgIpc) is 2.20. The minimum absolute atomic E-state index is 0.284. The van der Waals surface area contributed by atoms with Gasteiger partial charge in [-0.2, -0.15) is 0 Å². The van der Waals surface area contributed by atoms with Crippen LogP contribution in [0.25, 0.3) is 0 Å². The minimum Gasteiger partial charge on any atom is -0.491 e. The van der Waals surface area contributed by atoms with E-state index in [9.17, 15) is 4.79 Å². The number of benzene rings is 1. The first-order valence-electron chi connectivity index (χ1n) is 5.39. The second-order valence-electron chi connectivity index (χ2n) is 4.07. The van der Waals surface area contributed by atoms with Gasteiger partial charge in [0.15, 0.2) is 0 Å². The monoisotopic (exact) mass is 222 g/mol. The number of carbonyl (C=O) groups is 1. The smallest absolute Gasteiger partial charge is 0.124 e. The van der Waals surface area contributed by atoms with Crippen molar-refractivity contribution >= 4 is 6.29 Å². The van der Waals surface area contributed by atoms with Crippen molar-refractivity contribution in [2.24, 2.45) is 0 Å². The molecule has 1 aromatic rings. The van der Waals surface area contributed by atoms with Gasteiger partial charge in [-0.15, -0.1) is 0 Å². The Balaban J connectivity index is 2.86. The SMILES string of the molecule is Cc1cc(OCC(C)O)cc(C)c1CC=O. The maximum atomic E-state index is 10.5. The Kier molecular flexibility index (Phi) is 4.50. The summed E-state index contributed by atoms with van der Waals surface area (Å²) in [5.41, 5.74) is 3.15. The van der Waals surface area contributed by atoms with Crippen molar-refractivity contribution in [1.82, 2.24) is 0 Å². The van der Waals surface area contributed by atoms with Crippen molar-refractivity contribution in [3.63, 3.8) is 0 Å². The molecule has 0 aliphatic rings. The molecule has 1 unspecified atom stereocenters. The number of aliphatic hydroxyl groups is 1. The van der Waals surface area contributed by atoms with E-state index in [1.165, 1.54) is 0 Å². The Hall–Kier alpha value is -1.35. The fourth-order valence-corrected chi connectivity index (χ4v) is 1.66. The number of carbonyl (C=O) groups excluding carboxylic acids is 1. The number of rotatable bonds is 5. The number of aldehydes is 1. The molecule has 1 N–H and O–H groups in total. The molecule has 1 atom stereocenters. The van der Waals surface area contributed by atoms with Crippen LogP contribution in [0.3, 0.4) is 0 Å². The van der Waals surface area contributed by atoms with Gasteiger partial charge < -0.3 is 14.6 Å². The fourth-order valence-electron chi connectivity index (χ4n) is 1.66. The molecule has 1 aromatic carbocycles. The molecule has 0 spiro atoms. The highest BCUT2D eigenvalue weighted by molar-refractivity contribution is 5.58. The third-order valence-electron chi connectivity index (χ3n) is 2.45. The molecule has 0 heterocycles. The summed E-state index contributed by atoms with van der Waals surface area (Å²) in [6, 6.07) is 3.79. The number of aliphatic hydroxyl groups excluding tert-OH is 1. The number of ether oxygens (including phenoxy) is 1. The van der Waals surface area contributed by atoms with E-state index < -0.39 is 6.10 Å². The Bertz CT molecular complexity index is 346. The topological polar surface area (TPSA) is 46.5 Å². The van der Waals surface area contributed by atoms with Gasteiger partial charge in [-0.25, -0.2) is 0 Å². The standard InChI is InChI=1S/C13H18O3/c1-9-6-12(16-8-11(3)15)7-10(2)13(9)4-5-14/h5-7,11,15H,4,8H2,1-3H3. The molecule has 0 fully saturated rings. The highest BCUT2D eigenvalue weighted by Crippen LogP contribution is 2.22. The predicted octanol–water partition coefficient (Wildman–Crippen LogP) is 1.80. The summed E-state index contributed by atoms with van der Waals surface area (Å²) in [6.45, 7) is 5.88. The molecule has 0 amide bonds. The van der Waals surface area contributed by atoms with Crippen molar-refractivity contribution in [2.45, 2.75) is 33.3 Å². The zero-order valence-electron chi connectivity index (χ0n) is 9.99. The van der Waals surface area contributed by atoms with Crippen LogP contribution in [0, 0.1) is 13.8 Å². The first kappa shape index (κ1) is 12.7. The van der Waals surface area contributed by atoms with E-state index >= 15 is 0 Å². The van der Waals surface area contributed by atoms with Gasteiger partial charge in [-0.1, -0.05) is 0 Å². The van der Waals surface area contributed by atoms with Crippen LogP contribution in [0.1, 0.15) is 23.6 Å². The number of aryl methyl sites for hydroxylation is 2. The highest BCUT2D eigenvalue weighted by atomic mass is 16.5. The van der Waals surface area contributed by atoms with Gasteiger partial charge in [0.1, 0.15) is 18.6 Å². The number of hydrogen-bond donors (Lipinski definition) is 1. The Morgan fingerprint density at radius 1 is 1.38 bits per heavy atom. The third-order valence-corrected chi connectivity index (χ3v) is 2.45. The van der Waals surface area contributed by atoms with Crippen LogP contribution in [0.2, 0.25) is 0 Å². The summed E-state index contributed by atoms with van der Waals surface area (Å²) in [7, 11) is 0. The van der Waals surface area contributed by atoms with E-state index in [2.05, 4.69) is 0 Å². The van der Waals surface area contributed by atoms with E-state index in [0.29, 0.717) is 6.42 Å². The molecule has 3 nitrogen and oxygen atoms in total. The average molecular weight is 222 g/mol. The molecule has 0 saturated carbocycles. The molecule has 0 aliphatic carbocycles. The summed E-state index contributed by atoms with van der Waals surface area (Å²) >= 11 is 0. The molecular formula is C13H18O3. The first-order valence-corrected chi connectivity index (χ1v) is 5.39. The van der Waals surface area contributed by atoms with Crippen LogP contribution in [0.5, 0.6) is 5.75 Å². The van der Waals surface area contributed by atoms with Crippen LogP contribution in [-0.4, -0.2) is 24.1 Å². The van der Waals surface area contributed by atoms with Crippen LogP contribution in [0.15, 0.2) is 12.1 Å². The van der Waals surface area contributed by atoms with Crippen molar-refractivity contribution in [1.29, 1.82) is 0 Å². The lowest BCUT2D eigenvalue weighted by Crippen LogP contribution is -2.13. The second-order valence-corrected chi connectivity index (χ2v) is 4.07. The third kappa shape index (κ3) is 3.35. The van der Waals surface area contributed by atoms with E-state index in [1.807, 2.05) is 26.0 Å². The summed E-state index contributed by atoms with van der Waals surface area (Å²) in [4.78, 5) is 10.5. The molecule has 0 bridgehead atoms. The predicted molar refractivity (Wildman–Crippen MR) is 62.9 cm³/mol. The van der Waals surface area contributed by atoms with E-state index in [0.717, 1.165) is 28.7 Å². The van der Waals surface area contributed by atoms with Gasteiger partial charge >= 0.3 is 0 Å². The van der Waals surface area contributed by atoms with Crippen molar-refractivity contribution in [2.75, 3.05) is 6.61 Å². The molecule has 1 rings (SSSR count). The van der Waals surface area contributed by atoms with Crippen LogP contribution < -0.4 is 4.74 Å². The summed E-state index contributed by atoms with van der Waals surface area (Å²) in [5, 5.41) is 9.12. The Morgan fingerprint density at radius 3 is 2.38 bits per heavy atom. The lowest BCUT2D eigenvalue weighted by molar-refractivity contribution is -0.107. The van der Waals surface area contributed by atoms with Gasteiger partial charge in [-0.05, 0) is 49.6 Å². The molecule has 0 radical (unpaired) electrons. The van der Waals surface area contributed by atoms with Crippen LogP contribution in [-0.2, 0) is 11.2 Å². The lowest BCUT2D eigenvalue weighted by Gasteiger charge is -2.12. The van der Waals surface area contributed by atoms with Crippen molar-refractivity contribution in [3.05, 3.63) is 28.8 Å². The highest BCUT2D eigenvalue weighted by Gasteiger charge is 2.06. The van der Waals surface area contributed by atoms with Gasteiger partial charge in [0.05, 0.1) is 6.10 Å². The zero-order chi connectivity index (χ0) is 12.1. The normalized spacial score (nSPS) is 12.2. The Morgan fingerprint density at radius 2 is 1.94 bits per heavy atom. The molecular weight excluding hydrogens is 204 g/mol. The largest absolute Gasteiger partial charge is 0.491 e. The zero-order valence-corrected chi connectivity index (χ0v) is 9.99. The summed E-state index contributed by atoms with van der Waals surface area (Å²) in [6.07, 6.45) is 0.871.